The Bertz CT molecular complexity index is 569. The molecule has 0 amide bonds. The number of nitrogen functional groups attached to an aromatic ring is 1. The van der Waals surface area contributed by atoms with Gasteiger partial charge in [0.1, 0.15) is 0 Å². The molecule has 0 aliphatic carbocycles. The lowest BCUT2D eigenvalue weighted by atomic mass is 9.98. The van der Waals surface area contributed by atoms with E-state index in [1.165, 1.54) is 31.9 Å². The van der Waals surface area contributed by atoms with Gasteiger partial charge in [0.05, 0.1) is 16.3 Å². The van der Waals surface area contributed by atoms with E-state index in [0.29, 0.717) is 10.6 Å². The van der Waals surface area contributed by atoms with Crippen molar-refractivity contribution in [3.05, 3.63) is 18.2 Å². The zero-order chi connectivity index (χ0) is 14.8. The maximum Gasteiger partial charge on any atom is 0.175 e. The van der Waals surface area contributed by atoms with Crippen LogP contribution in [0.4, 0.5) is 11.4 Å². The highest BCUT2D eigenvalue weighted by molar-refractivity contribution is 7.90. The molecule has 1 aliphatic heterocycles. The van der Waals surface area contributed by atoms with E-state index < -0.39 is 9.84 Å². The fraction of sp³-hybridized carbons (Fsp3) is 0.600. The van der Waals surface area contributed by atoms with Crippen LogP contribution in [-0.4, -0.2) is 27.8 Å². The zero-order valence-corrected chi connectivity index (χ0v) is 13.1. The zero-order valence-electron chi connectivity index (χ0n) is 12.3. The molecule has 1 saturated heterocycles. The summed E-state index contributed by atoms with van der Waals surface area (Å²) in [5.41, 5.74) is 7.59. The lowest BCUT2D eigenvalue weighted by Crippen LogP contribution is -2.25. The highest BCUT2D eigenvalue weighted by atomic mass is 32.2. The molecule has 1 heterocycles. The first-order chi connectivity index (χ1) is 9.41. The van der Waals surface area contributed by atoms with Crippen LogP contribution in [0.3, 0.4) is 0 Å². The minimum Gasteiger partial charge on any atom is -0.397 e. The van der Waals surface area contributed by atoms with E-state index in [1.54, 1.807) is 12.1 Å². The molecule has 1 unspecified atom stereocenters. The number of benzene rings is 1. The number of sulfone groups is 1. The molecule has 1 aliphatic rings. The molecule has 4 nitrogen and oxygen atoms in total. The second-order valence-electron chi connectivity index (χ2n) is 5.69. The first-order valence-corrected chi connectivity index (χ1v) is 9.15. The molecule has 20 heavy (non-hydrogen) atoms. The quantitative estimate of drug-likeness (QED) is 0.871. The molecule has 0 spiro atoms. The van der Waals surface area contributed by atoms with Crippen LogP contribution in [0.5, 0.6) is 0 Å². The molecule has 0 aromatic heterocycles. The molecule has 0 radical (unpaired) electrons. The molecule has 1 aromatic rings. The smallest absolute Gasteiger partial charge is 0.175 e. The number of nitrogens with zero attached hydrogens (tertiary/aromatic N) is 1. The summed E-state index contributed by atoms with van der Waals surface area (Å²) in [6.07, 6.45) is 6.07. The Balaban J connectivity index is 2.21. The average Bonchev–Trinajstić information content (AvgIpc) is 2.62. The van der Waals surface area contributed by atoms with Crippen molar-refractivity contribution in [2.45, 2.75) is 37.5 Å². The lowest BCUT2D eigenvalue weighted by Gasteiger charge is -2.24. The van der Waals surface area contributed by atoms with Crippen LogP contribution in [0.25, 0.3) is 0 Å². The molecule has 2 N–H and O–H groups in total. The standard InChI is InChI=1S/C15H24N2O2S/c1-3-12-5-4-9-17(10-8-12)15-7-6-13(11-14(15)16)20(2,18)19/h6-7,11-12H,3-5,8-10,16H2,1-2H3. The SMILES string of the molecule is CCC1CCCN(c2ccc(S(C)(=O)=O)cc2N)CC1. The Labute approximate surface area is 121 Å². The van der Waals surface area contributed by atoms with Crippen LogP contribution in [0.1, 0.15) is 32.6 Å². The maximum absolute atomic E-state index is 11.5. The molecule has 5 heteroatoms. The third kappa shape index (κ3) is 3.45. The van der Waals surface area contributed by atoms with E-state index in [-0.39, 0.29) is 0 Å². The van der Waals surface area contributed by atoms with E-state index in [0.717, 1.165) is 24.7 Å². The van der Waals surface area contributed by atoms with E-state index >= 15 is 0 Å². The maximum atomic E-state index is 11.5. The first kappa shape index (κ1) is 15.2. The fourth-order valence-electron chi connectivity index (χ4n) is 2.87. The second kappa shape index (κ2) is 6.04. The van der Waals surface area contributed by atoms with E-state index in [4.69, 9.17) is 5.73 Å². The topological polar surface area (TPSA) is 63.4 Å². The number of hydrogen-bond donors (Lipinski definition) is 1. The van der Waals surface area contributed by atoms with E-state index in [9.17, 15) is 8.42 Å². The Morgan fingerprint density at radius 2 is 2.05 bits per heavy atom. The normalized spacial score (nSPS) is 20.7. The van der Waals surface area contributed by atoms with Gasteiger partial charge in [0.25, 0.3) is 0 Å². The summed E-state index contributed by atoms with van der Waals surface area (Å²) < 4.78 is 23.1. The Morgan fingerprint density at radius 3 is 2.65 bits per heavy atom. The number of anilines is 2. The summed E-state index contributed by atoms with van der Waals surface area (Å²) in [6.45, 7) is 4.25. The third-order valence-electron chi connectivity index (χ3n) is 4.19. The predicted molar refractivity (Wildman–Crippen MR) is 83.8 cm³/mol. The first-order valence-electron chi connectivity index (χ1n) is 7.26. The largest absolute Gasteiger partial charge is 0.397 e. The fourth-order valence-corrected chi connectivity index (χ4v) is 3.52. The number of nitrogens with two attached hydrogens (primary N) is 1. The number of hydrogen-bond acceptors (Lipinski definition) is 4. The third-order valence-corrected chi connectivity index (χ3v) is 5.30. The van der Waals surface area contributed by atoms with Crippen LogP contribution in [0, 0.1) is 5.92 Å². The number of rotatable bonds is 3. The van der Waals surface area contributed by atoms with Gasteiger partial charge in [-0.15, -0.1) is 0 Å². The van der Waals surface area contributed by atoms with Crippen molar-refractivity contribution < 1.29 is 8.42 Å². The van der Waals surface area contributed by atoms with Gasteiger partial charge >= 0.3 is 0 Å². The lowest BCUT2D eigenvalue weighted by molar-refractivity contribution is 0.459. The monoisotopic (exact) mass is 296 g/mol. The molecule has 2 rings (SSSR count). The highest BCUT2D eigenvalue weighted by Gasteiger charge is 2.18. The molecule has 1 aromatic carbocycles. The van der Waals surface area contributed by atoms with Crippen LogP contribution in [0.2, 0.25) is 0 Å². The summed E-state index contributed by atoms with van der Waals surface area (Å²) in [5.74, 6) is 0.802. The average molecular weight is 296 g/mol. The van der Waals surface area contributed by atoms with E-state index in [1.807, 2.05) is 6.07 Å². The van der Waals surface area contributed by atoms with Crippen LogP contribution in [0.15, 0.2) is 23.1 Å². The van der Waals surface area contributed by atoms with Crippen molar-refractivity contribution in [2.75, 3.05) is 30.0 Å². The van der Waals surface area contributed by atoms with Gasteiger partial charge in [-0.05, 0) is 43.4 Å². The Kier molecular flexibility index (Phi) is 4.58. The van der Waals surface area contributed by atoms with Gasteiger partial charge < -0.3 is 10.6 Å². The van der Waals surface area contributed by atoms with Gasteiger partial charge in [-0.2, -0.15) is 0 Å². The predicted octanol–water partition coefficient (Wildman–Crippen LogP) is 2.69. The summed E-state index contributed by atoms with van der Waals surface area (Å²) >= 11 is 0. The summed E-state index contributed by atoms with van der Waals surface area (Å²) in [7, 11) is -3.19. The highest BCUT2D eigenvalue weighted by Crippen LogP contribution is 2.30. The summed E-state index contributed by atoms with van der Waals surface area (Å²) in [5, 5.41) is 0. The van der Waals surface area contributed by atoms with Gasteiger partial charge in [-0.1, -0.05) is 13.3 Å². The molecular weight excluding hydrogens is 272 g/mol. The second-order valence-corrected chi connectivity index (χ2v) is 7.70. The minimum absolute atomic E-state index is 0.292. The van der Waals surface area contributed by atoms with Gasteiger partial charge in [-0.25, -0.2) is 8.42 Å². The van der Waals surface area contributed by atoms with Crippen molar-refractivity contribution in [3.63, 3.8) is 0 Å². The van der Waals surface area contributed by atoms with Crippen LogP contribution < -0.4 is 10.6 Å². The van der Waals surface area contributed by atoms with Gasteiger partial charge in [-0.3, -0.25) is 0 Å². The summed E-state index contributed by atoms with van der Waals surface area (Å²) in [4.78, 5) is 2.58. The van der Waals surface area contributed by atoms with Crippen LogP contribution >= 0.6 is 0 Å². The van der Waals surface area contributed by atoms with E-state index in [2.05, 4.69) is 11.8 Å². The van der Waals surface area contributed by atoms with Gasteiger partial charge in [0.15, 0.2) is 9.84 Å². The molecular formula is C15H24N2O2S. The van der Waals surface area contributed by atoms with Gasteiger partial charge in [0, 0.05) is 19.3 Å². The molecule has 0 saturated carbocycles. The Morgan fingerprint density at radius 1 is 1.30 bits per heavy atom. The van der Waals surface area contributed by atoms with Crippen molar-refractivity contribution in [1.82, 2.24) is 0 Å². The van der Waals surface area contributed by atoms with Crippen molar-refractivity contribution in [2.24, 2.45) is 5.92 Å². The van der Waals surface area contributed by atoms with Gasteiger partial charge in [0.2, 0.25) is 0 Å². The summed E-state index contributed by atoms with van der Waals surface area (Å²) in [6, 6.07) is 5.08. The Hall–Kier alpha value is -1.23. The van der Waals surface area contributed by atoms with Crippen molar-refractivity contribution in [3.8, 4) is 0 Å². The van der Waals surface area contributed by atoms with Crippen LogP contribution in [-0.2, 0) is 9.84 Å². The molecule has 0 bridgehead atoms. The minimum atomic E-state index is -3.19. The molecule has 1 fully saturated rings. The van der Waals surface area contributed by atoms with Crippen molar-refractivity contribution in [1.29, 1.82) is 0 Å². The molecule has 1 atom stereocenters. The van der Waals surface area contributed by atoms with Crippen molar-refractivity contribution >= 4 is 21.2 Å². The molecule has 112 valence electrons.